The molecule has 0 saturated heterocycles. The number of para-hydroxylation sites is 1. The summed E-state index contributed by atoms with van der Waals surface area (Å²) in [6, 6.07) is 7.92. The number of carbonyl (C=O) groups is 1. The number of hydrogen-bond donors (Lipinski definition) is 2. The Morgan fingerprint density at radius 1 is 1.35 bits per heavy atom. The molecule has 2 heterocycles. The van der Waals surface area contributed by atoms with Crippen molar-refractivity contribution in [3.05, 3.63) is 45.4 Å². The molecule has 0 unspecified atom stereocenters. The van der Waals surface area contributed by atoms with E-state index in [0.29, 0.717) is 25.6 Å². The summed E-state index contributed by atoms with van der Waals surface area (Å²) in [4.78, 5) is 17.4. The molecule has 0 saturated carbocycles. The average molecular weight is 331 g/mol. The van der Waals surface area contributed by atoms with Crippen LogP contribution in [0.3, 0.4) is 0 Å². The van der Waals surface area contributed by atoms with Gasteiger partial charge in [-0.25, -0.2) is 9.78 Å². The zero-order valence-corrected chi connectivity index (χ0v) is 14.2. The van der Waals surface area contributed by atoms with E-state index in [-0.39, 0.29) is 6.03 Å². The number of rotatable bonds is 4. The molecule has 0 bridgehead atoms. The minimum Gasteiger partial charge on any atom is -0.493 e. The first kappa shape index (κ1) is 15.8. The molecule has 0 fully saturated rings. The predicted molar refractivity (Wildman–Crippen MR) is 91.0 cm³/mol. The molecule has 1 aliphatic heterocycles. The van der Waals surface area contributed by atoms with Crippen LogP contribution in [0.25, 0.3) is 0 Å². The van der Waals surface area contributed by atoms with Gasteiger partial charge in [-0.3, -0.25) is 0 Å². The van der Waals surface area contributed by atoms with E-state index in [0.717, 1.165) is 27.7 Å². The molecule has 122 valence electrons. The topological polar surface area (TPSA) is 63.2 Å². The van der Waals surface area contributed by atoms with Gasteiger partial charge in [0.25, 0.3) is 0 Å². The number of aryl methyl sites for hydroxylation is 2. The highest BCUT2D eigenvalue weighted by Gasteiger charge is 2.19. The zero-order valence-electron chi connectivity index (χ0n) is 13.4. The van der Waals surface area contributed by atoms with Crippen molar-refractivity contribution in [3.8, 4) is 5.75 Å². The fourth-order valence-electron chi connectivity index (χ4n) is 2.72. The Kier molecular flexibility index (Phi) is 4.81. The van der Waals surface area contributed by atoms with Gasteiger partial charge in [-0.2, -0.15) is 0 Å². The lowest BCUT2D eigenvalue weighted by molar-refractivity contribution is 0.211. The van der Waals surface area contributed by atoms with E-state index in [1.807, 2.05) is 32.0 Å². The van der Waals surface area contributed by atoms with Gasteiger partial charge in [-0.1, -0.05) is 18.2 Å². The summed E-state index contributed by atoms with van der Waals surface area (Å²) >= 11 is 1.62. The lowest BCUT2D eigenvalue weighted by atomic mass is 9.97. The third kappa shape index (κ3) is 4.01. The van der Waals surface area contributed by atoms with Gasteiger partial charge in [-0.15, -0.1) is 11.3 Å². The van der Waals surface area contributed by atoms with Crippen molar-refractivity contribution >= 4 is 17.4 Å². The number of carbonyl (C=O) groups excluding carboxylic acids is 1. The van der Waals surface area contributed by atoms with Crippen molar-refractivity contribution in [2.45, 2.75) is 26.8 Å². The quantitative estimate of drug-likeness (QED) is 0.905. The first-order chi connectivity index (χ1) is 11.1. The zero-order chi connectivity index (χ0) is 16.2. The number of urea groups is 1. The highest BCUT2D eigenvalue weighted by atomic mass is 32.1. The maximum absolute atomic E-state index is 11.9. The molecule has 2 N–H and O–H groups in total. The van der Waals surface area contributed by atoms with Crippen LogP contribution in [0.1, 0.15) is 21.1 Å². The van der Waals surface area contributed by atoms with Crippen LogP contribution in [0, 0.1) is 19.8 Å². The molecule has 2 amide bonds. The van der Waals surface area contributed by atoms with E-state index in [9.17, 15) is 4.79 Å². The fraction of sp³-hybridized carbons (Fsp3) is 0.412. The lowest BCUT2D eigenvalue weighted by Gasteiger charge is -2.25. The second-order valence-corrected chi connectivity index (χ2v) is 7.08. The van der Waals surface area contributed by atoms with E-state index in [1.165, 1.54) is 5.56 Å². The van der Waals surface area contributed by atoms with E-state index >= 15 is 0 Å². The Balaban J connectivity index is 1.44. The van der Waals surface area contributed by atoms with Crippen LogP contribution in [-0.2, 0) is 13.0 Å². The molecule has 0 aliphatic carbocycles. The number of thiazole rings is 1. The fourth-order valence-corrected chi connectivity index (χ4v) is 3.60. The summed E-state index contributed by atoms with van der Waals surface area (Å²) in [7, 11) is 0. The van der Waals surface area contributed by atoms with E-state index in [2.05, 4.69) is 21.7 Å². The largest absolute Gasteiger partial charge is 0.493 e. The SMILES string of the molecule is Cc1nc(C)c(CNC(=O)NC[C@H]2COc3ccccc3C2)s1. The average Bonchev–Trinajstić information content (AvgIpc) is 2.88. The van der Waals surface area contributed by atoms with E-state index < -0.39 is 0 Å². The van der Waals surface area contributed by atoms with Gasteiger partial charge in [0, 0.05) is 17.3 Å². The van der Waals surface area contributed by atoms with Crippen LogP contribution < -0.4 is 15.4 Å². The summed E-state index contributed by atoms with van der Waals surface area (Å²) in [6.07, 6.45) is 0.934. The number of nitrogens with one attached hydrogen (secondary N) is 2. The molecular weight excluding hydrogens is 310 g/mol. The molecular formula is C17H21N3O2S. The second kappa shape index (κ2) is 7.00. The molecule has 6 heteroatoms. The smallest absolute Gasteiger partial charge is 0.315 e. The van der Waals surface area contributed by atoms with Crippen molar-refractivity contribution in [2.24, 2.45) is 5.92 Å². The number of fused-ring (bicyclic) bond motifs is 1. The summed E-state index contributed by atoms with van der Waals surface area (Å²) in [5, 5.41) is 6.85. The van der Waals surface area contributed by atoms with Gasteiger partial charge in [0.1, 0.15) is 5.75 Å². The lowest BCUT2D eigenvalue weighted by Crippen LogP contribution is -2.40. The molecule has 2 aromatic rings. The van der Waals surface area contributed by atoms with E-state index in [4.69, 9.17) is 4.74 Å². The number of benzene rings is 1. The molecule has 1 aromatic heterocycles. The minimum absolute atomic E-state index is 0.144. The van der Waals surface area contributed by atoms with Crippen molar-refractivity contribution in [2.75, 3.05) is 13.2 Å². The van der Waals surface area contributed by atoms with Crippen molar-refractivity contribution in [3.63, 3.8) is 0 Å². The predicted octanol–water partition coefficient (Wildman–Crippen LogP) is 2.81. The minimum atomic E-state index is -0.144. The van der Waals surface area contributed by atoms with Crippen molar-refractivity contribution < 1.29 is 9.53 Å². The van der Waals surface area contributed by atoms with E-state index in [1.54, 1.807) is 11.3 Å². The molecule has 5 nitrogen and oxygen atoms in total. The van der Waals surface area contributed by atoms with Crippen molar-refractivity contribution in [1.82, 2.24) is 15.6 Å². The number of ether oxygens (including phenoxy) is 1. The molecule has 3 rings (SSSR count). The molecule has 0 spiro atoms. The Hall–Kier alpha value is -2.08. The maximum atomic E-state index is 11.9. The summed E-state index contributed by atoms with van der Waals surface area (Å²) in [5.41, 5.74) is 2.20. The van der Waals surface area contributed by atoms with Crippen LogP contribution >= 0.6 is 11.3 Å². The maximum Gasteiger partial charge on any atom is 0.315 e. The molecule has 1 aromatic carbocycles. The number of amides is 2. The van der Waals surface area contributed by atoms with Crippen molar-refractivity contribution in [1.29, 1.82) is 0 Å². The van der Waals surface area contributed by atoms with Gasteiger partial charge < -0.3 is 15.4 Å². The first-order valence-electron chi connectivity index (χ1n) is 7.77. The Labute approximate surface area is 140 Å². The number of aromatic nitrogens is 1. The van der Waals surface area contributed by atoms with Gasteiger partial charge >= 0.3 is 6.03 Å². The van der Waals surface area contributed by atoms with Gasteiger partial charge in [0.2, 0.25) is 0 Å². The molecule has 1 aliphatic rings. The number of hydrogen-bond acceptors (Lipinski definition) is 4. The monoisotopic (exact) mass is 331 g/mol. The Bertz CT molecular complexity index is 699. The van der Waals surface area contributed by atoms with Gasteiger partial charge in [-0.05, 0) is 31.9 Å². The standard InChI is InChI=1S/C17H21N3O2S/c1-11-16(23-12(2)20-11)9-19-17(21)18-8-13-7-14-5-3-4-6-15(14)22-10-13/h3-6,13H,7-10H2,1-2H3,(H2,18,19,21)/t13-/m0/s1. The van der Waals surface area contributed by atoms with Crippen LogP contribution in [0.15, 0.2) is 24.3 Å². The van der Waals surface area contributed by atoms with Crippen LogP contribution in [0.5, 0.6) is 5.75 Å². The first-order valence-corrected chi connectivity index (χ1v) is 8.59. The number of nitrogens with zero attached hydrogens (tertiary/aromatic N) is 1. The summed E-state index contributed by atoms with van der Waals surface area (Å²) in [6.45, 7) is 5.72. The summed E-state index contributed by atoms with van der Waals surface area (Å²) in [5.74, 6) is 1.27. The van der Waals surface area contributed by atoms with Crippen LogP contribution in [0.2, 0.25) is 0 Å². The Morgan fingerprint density at radius 2 is 2.17 bits per heavy atom. The van der Waals surface area contributed by atoms with Crippen LogP contribution in [-0.4, -0.2) is 24.2 Å². The highest BCUT2D eigenvalue weighted by Crippen LogP contribution is 2.26. The Morgan fingerprint density at radius 3 is 2.96 bits per heavy atom. The highest BCUT2D eigenvalue weighted by molar-refractivity contribution is 7.11. The van der Waals surface area contributed by atoms with Crippen LogP contribution in [0.4, 0.5) is 4.79 Å². The second-order valence-electron chi connectivity index (χ2n) is 5.79. The molecule has 0 radical (unpaired) electrons. The third-order valence-corrected chi connectivity index (χ3v) is 4.99. The van der Waals surface area contributed by atoms with Gasteiger partial charge in [0.15, 0.2) is 0 Å². The third-order valence-electron chi connectivity index (χ3n) is 3.92. The van der Waals surface area contributed by atoms with Gasteiger partial charge in [0.05, 0.1) is 23.9 Å². The summed E-state index contributed by atoms with van der Waals surface area (Å²) < 4.78 is 5.74. The molecule has 1 atom stereocenters. The molecule has 23 heavy (non-hydrogen) atoms. The normalized spacial score (nSPS) is 16.3.